The van der Waals surface area contributed by atoms with Crippen molar-refractivity contribution in [1.82, 2.24) is 14.6 Å². The van der Waals surface area contributed by atoms with Gasteiger partial charge in [-0.05, 0) is 37.1 Å². The van der Waals surface area contributed by atoms with E-state index in [0.29, 0.717) is 17.6 Å². The van der Waals surface area contributed by atoms with E-state index in [1.165, 1.54) is 16.8 Å². The molecule has 0 bridgehead atoms. The first-order chi connectivity index (χ1) is 12.6. The summed E-state index contributed by atoms with van der Waals surface area (Å²) in [5, 5.41) is 4.31. The van der Waals surface area contributed by atoms with Gasteiger partial charge in [0.1, 0.15) is 11.6 Å². The van der Waals surface area contributed by atoms with Gasteiger partial charge < -0.3 is 0 Å². The molecule has 0 unspecified atom stereocenters. The number of benzene rings is 1. The Morgan fingerprint density at radius 3 is 2.56 bits per heavy atom. The lowest BCUT2D eigenvalue weighted by atomic mass is 10.2. The summed E-state index contributed by atoms with van der Waals surface area (Å²) in [6, 6.07) is 4.56. The first-order valence-corrected chi connectivity index (χ1v) is 9.38. The van der Waals surface area contributed by atoms with Gasteiger partial charge >= 0.3 is 6.18 Å². The molecule has 1 aliphatic rings. The Morgan fingerprint density at radius 2 is 1.89 bits per heavy atom. The fraction of sp³-hybridized carbons (Fsp3) is 0.250. The normalized spacial score (nSPS) is 15.3. The minimum atomic E-state index is -5.01. The van der Waals surface area contributed by atoms with Gasteiger partial charge in [0.2, 0.25) is 0 Å². The van der Waals surface area contributed by atoms with Crippen LogP contribution >= 0.6 is 0 Å². The molecule has 0 amide bonds. The Morgan fingerprint density at radius 1 is 1.15 bits per heavy atom. The SMILES string of the molecule is O=S(=O)(Nc1ccnc2cc(C3CC3)nn12)c1ccc(F)c(C(F)(F)F)c1. The van der Waals surface area contributed by atoms with Crippen LogP contribution in [0.4, 0.5) is 23.4 Å². The van der Waals surface area contributed by atoms with Crippen LogP contribution in [0, 0.1) is 5.82 Å². The molecule has 11 heteroatoms. The number of aromatic nitrogens is 3. The van der Waals surface area contributed by atoms with Crippen molar-refractivity contribution in [3.63, 3.8) is 0 Å². The second kappa shape index (κ2) is 5.91. The van der Waals surface area contributed by atoms with E-state index in [2.05, 4.69) is 14.8 Å². The molecule has 0 atom stereocenters. The standard InChI is InChI=1S/C16H12F4N4O2S/c17-12-4-3-10(7-11(12)16(18,19)20)27(25,26)23-14-5-6-21-15-8-13(9-1-2-9)22-24(14)15/h3-9,23H,1-2H2. The second-order valence-corrected chi connectivity index (χ2v) is 7.87. The highest BCUT2D eigenvalue weighted by Gasteiger charge is 2.35. The van der Waals surface area contributed by atoms with E-state index in [0.717, 1.165) is 24.6 Å². The van der Waals surface area contributed by atoms with Crippen LogP contribution in [-0.2, 0) is 16.2 Å². The summed E-state index contributed by atoms with van der Waals surface area (Å²) >= 11 is 0. The minimum absolute atomic E-state index is 0.0183. The molecule has 1 fully saturated rings. The summed E-state index contributed by atoms with van der Waals surface area (Å²) in [6.45, 7) is 0. The number of sulfonamides is 1. The highest BCUT2D eigenvalue weighted by molar-refractivity contribution is 7.92. The Kier molecular flexibility index (Phi) is 3.88. The number of nitrogens with zero attached hydrogens (tertiary/aromatic N) is 3. The maximum absolute atomic E-state index is 13.4. The molecular weight excluding hydrogens is 388 g/mol. The van der Waals surface area contributed by atoms with Crippen molar-refractivity contribution >= 4 is 21.5 Å². The molecule has 4 rings (SSSR count). The van der Waals surface area contributed by atoms with Crippen molar-refractivity contribution in [3.05, 3.63) is 53.6 Å². The maximum atomic E-state index is 13.4. The number of alkyl halides is 3. The molecule has 1 aliphatic carbocycles. The third-order valence-corrected chi connectivity index (χ3v) is 5.52. The smallest absolute Gasteiger partial charge is 0.263 e. The molecule has 1 N–H and O–H groups in total. The molecule has 0 saturated heterocycles. The molecule has 0 aliphatic heterocycles. The van der Waals surface area contributed by atoms with Crippen molar-refractivity contribution < 1.29 is 26.0 Å². The van der Waals surface area contributed by atoms with Crippen LogP contribution in [0.25, 0.3) is 5.65 Å². The molecular formula is C16H12F4N4O2S. The molecule has 2 heterocycles. The number of hydrogen-bond acceptors (Lipinski definition) is 4. The molecule has 1 saturated carbocycles. The van der Waals surface area contributed by atoms with Crippen molar-refractivity contribution in [3.8, 4) is 0 Å². The van der Waals surface area contributed by atoms with Crippen molar-refractivity contribution in [2.75, 3.05) is 4.72 Å². The van der Waals surface area contributed by atoms with Gasteiger partial charge in [0.15, 0.2) is 5.65 Å². The lowest BCUT2D eigenvalue weighted by Gasteiger charge is -2.12. The van der Waals surface area contributed by atoms with Gasteiger partial charge in [-0.1, -0.05) is 0 Å². The molecule has 3 aromatic rings. The van der Waals surface area contributed by atoms with E-state index in [-0.39, 0.29) is 11.9 Å². The average molecular weight is 400 g/mol. The van der Waals surface area contributed by atoms with E-state index in [4.69, 9.17) is 0 Å². The van der Waals surface area contributed by atoms with Crippen LogP contribution in [0.3, 0.4) is 0 Å². The minimum Gasteiger partial charge on any atom is -0.263 e. The maximum Gasteiger partial charge on any atom is 0.419 e. The van der Waals surface area contributed by atoms with Crippen molar-refractivity contribution in [1.29, 1.82) is 0 Å². The van der Waals surface area contributed by atoms with Crippen LogP contribution in [0.5, 0.6) is 0 Å². The first kappa shape index (κ1) is 17.7. The summed E-state index contributed by atoms with van der Waals surface area (Å²) in [5.74, 6) is -1.22. The van der Waals surface area contributed by atoms with Crippen LogP contribution in [0.15, 0.2) is 41.4 Å². The number of anilines is 1. The zero-order valence-corrected chi connectivity index (χ0v) is 14.4. The van der Waals surface area contributed by atoms with Gasteiger partial charge in [-0.3, -0.25) is 4.72 Å². The lowest BCUT2D eigenvalue weighted by molar-refractivity contribution is -0.140. The van der Waals surface area contributed by atoms with Gasteiger partial charge in [0.05, 0.1) is 16.2 Å². The Labute approximate surface area is 150 Å². The fourth-order valence-corrected chi connectivity index (χ4v) is 3.72. The van der Waals surface area contributed by atoms with Crippen LogP contribution in [0.1, 0.15) is 30.0 Å². The number of hydrogen-bond donors (Lipinski definition) is 1. The number of fused-ring (bicyclic) bond motifs is 1. The quantitative estimate of drug-likeness (QED) is 0.680. The lowest BCUT2D eigenvalue weighted by Crippen LogP contribution is -2.17. The monoisotopic (exact) mass is 400 g/mol. The number of rotatable bonds is 4. The van der Waals surface area contributed by atoms with Crippen LogP contribution in [-0.4, -0.2) is 23.0 Å². The summed E-state index contributed by atoms with van der Waals surface area (Å²) in [6.07, 6.45) is -1.68. The number of nitrogens with one attached hydrogen (secondary N) is 1. The highest BCUT2D eigenvalue weighted by atomic mass is 32.2. The number of halogens is 4. The topological polar surface area (TPSA) is 76.4 Å². The molecule has 6 nitrogen and oxygen atoms in total. The van der Waals surface area contributed by atoms with E-state index < -0.39 is 32.5 Å². The molecule has 0 radical (unpaired) electrons. The van der Waals surface area contributed by atoms with Crippen molar-refractivity contribution in [2.24, 2.45) is 0 Å². The fourth-order valence-electron chi connectivity index (χ4n) is 2.65. The Hall–Kier alpha value is -2.69. The van der Waals surface area contributed by atoms with Crippen LogP contribution < -0.4 is 4.72 Å². The summed E-state index contributed by atoms with van der Waals surface area (Å²) < 4.78 is 80.5. The van der Waals surface area contributed by atoms with Gasteiger partial charge in [-0.25, -0.2) is 17.8 Å². The molecule has 27 heavy (non-hydrogen) atoms. The van der Waals surface area contributed by atoms with E-state index in [1.54, 1.807) is 6.07 Å². The predicted octanol–water partition coefficient (Wildman–Crippen LogP) is 3.57. The third-order valence-electron chi connectivity index (χ3n) is 4.16. The average Bonchev–Trinajstić information content (AvgIpc) is 3.33. The molecule has 2 aromatic heterocycles. The summed E-state index contributed by atoms with van der Waals surface area (Å²) in [7, 11) is -4.40. The Bertz CT molecular complexity index is 1140. The predicted molar refractivity (Wildman–Crippen MR) is 87.2 cm³/mol. The summed E-state index contributed by atoms with van der Waals surface area (Å²) in [4.78, 5) is 3.39. The van der Waals surface area contributed by atoms with Gasteiger partial charge in [0.25, 0.3) is 10.0 Å². The molecule has 142 valence electrons. The zero-order chi connectivity index (χ0) is 19.4. The van der Waals surface area contributed by atoms with E-state index in [1.807, 2.05) is 0 Å². The highest BCUT2D eigenvalue weighted by Crippen LogP contribution is 2.39. The van der Waals surface area contributed by atoms with E-state index in [9.17, 15) is 26.0 Å². The zero-order valence-electron chi connectivity index (χ0n) is 13.5. The second-order valence-electron chi connectivity index (χ2n) is 6.19. The van der Waals surface area contributed by atoms with Gasteiger partial charge in [-0.2, -0.15) is 22.8 Å². The van der Waals surface area contributed by atoms with Crippen molar-refractivity contribution in [2.45, 2.75) is 29.8 Å². The molecule has 0 spiro atoms. The summed E-state index contributed by atoms with van der Waals surface area (Å²) in [5.41, 5.74) is -0.470. The van der Waals surface area contributed by atoms with Crippen LogP contribution in [0.2, 0.25) is 0 Å². The third kappa shape index (κ3) is 3.34. The Balaban J connectivity index is 1.73. The van der Waals surface area contributed by atoms with Gasteiger partial charge in [0, 0.05) is 18.2 Å². The van der Waals surface area contributed by atoms with E-state index >= 15 is 0 Å². The first-order valence-electron chi connectivity index (χ1n) is 7.89. The van der Waals surface area contributed by atoms with Gasteiger partial charge in [-0.15, -0.1) is 0 Å². The largest absolute Gasteiger partial charge is 0.419 e. The molecule has 1 aromatic carbocycles.